The maximum atomic E-state index is 12.2. The Morgan fingerprint density at radius 2 is 2.00 bits per heavy atom. The zero-order chi connectivity index (χ0) is 24.2. The van der Waals surface area contributed by atoms with Crippen LogP contribution >= 0.6 is 12.6 Å². The predicted octanol–water partition coefficient (Wildman–Crippen LogP) is 3.29. The minimum absolute atomic E-state index is 0.0161. The highest BCUT2D eigenvalue weighted by atomic mass is 32.1. The SMILES string of the molecule is CC(C)C1N=C(C2CCN(c3ncnc(Oc4ccc(/C(N)=C/S)cc4)c3C(=O)O)CC2)ON1. The molecule has 2 aliphatic heterocycles. The number of hydrogen-bond acceptors (Lipinski definition) is 10. The number of thiol groups is 1. The standard InChI is InChI=1S/C23H28N6O4S/c1-13(2)19-27-21(33-28-19)15-7-9-29(10-8-15)20-18(23(30)31)22(26-12-25-20)32-16-5-3-14(4-6-16)17(24)11-34/h3-6,11-13,15,19,28,34H,7-10,24H2,1-2H3,(H,30,31)/b17-11-. The Morgan fingerprint density at radius 1 is 1.29 bits per heavy atom. The lowest BCUT2D eigenvalue weighted by molar-refractivity contribution is 0.0693. The normalized spacial score (nSPS) is 19.2. The molecule has 1 aromatic carbocycles. The van der Waals surface area contributed by atoms with Crippen LogP contribution in [0.3, 0.4) is 0 Å². The third-order valence-corrected chi connectivity index (χ3v) is 6.15. The van der Waals surface area contributed by atoms with E-state index in [1.54, 1.807) is 24.3 Å². The van der Waals surface area contributed by atoms with Crippen molar-refractivity contribution in [2.24, 2.45) is 22.6 Å². The zero-order valence-corrected chi connectivity index (χ0v) is 19.9. The number of nitrogens with two attached hydrogens (primary N) is 1. The van der Waals surface area contributed by atoms with Crippen molar-refractivity contribution < 1.29 is 19.5 Å². The van der Waals surface area contributed by atoms with E-state index in [9.17, 15) is 9.90 Å². The van der Waals surface area contributed by atoms with Crippen molar-refractivity contribution in [3.05, 3.63) is 47.1 Å². The molecule has 180 valence electrons. The third kappa shape index (κ3) is 5.10. The number of aromatic carboxylic acids is 1. The van der Waals surface area contributed by atoms with Gasteiger partial charge in [0.1, 0.15) is 18.2 Å². The van der Waals surface area contributed by atoms with Gasteiger partial charge >= 0.3 is 5.97 Å². The van der Waals surface area contributed by atoms with Gasteiger partial charge in [0.15, 0.2) is 11.4 Å². The number of aromatic nitrogens is 2. The molecule has 10 nitrogen and oxygen atoms in total. The van der Waals surface area contributed by atoms with Gasteiger partial charge in [-0.25, -0.2) is 19.8 Å². The Labute approximate surface area is 203 Å². The summed E-state index contributed by atoms with van der Waals surface area (Å²) in [6, 6.07) is 6.91. The summed E-state index contributed by atoms with van der Waals surface area (Å²) in [6.45, 7) is 5.39. The molecule has 0 radical (unpaired) electrons. The molecule has 4 rings (SSSR count). The summed E-state index contributed by atoms with van der Waals surface area (Å²) in [5, 5.41) is 11.4. The molecule has 0 bridgehead atoms. The van der Waals surface area contributed by atoms with Crippen LogP contribution in [0.25, 0.3) is 5.70 Å². The maximum absolute atomic E-state index is 12.2. The molecular formula is C23H28N6O4S. The summed E-state index contributed by atoms with van der Waals surface area (Å²) in [4.78, 5) is 32.7. The van der Waals surface area contributed by atoms with E-state index in [2.05, 4.69) is 46.9 Å². The van der Waals surface area contributed by atoms with Crippen LogP contribution in [-0.2, 0) is 4.84 Å². The second-order valence-corrected chi connectivity index (χ2v) is 8.79. The number of rotatable bonds is 7. The smallest absolute Gasteiger partial charge is 0.345 e. The third-order valence-electron chi connectivity index (χ3n) is 5.87. The highest BCUT2D eigenvalue weighted by Gasteiger charge is 2.33. The first-order valence-electron chi connectivity index (χ1n) is 11.1. The van der Waals surface area contributed by atoms with Gasteiger partial charge in [0, 0.05) is 24.7 Å². The molecule has 0 saturated carbocycles. The lowest BCUT2D eigenvalue weighted by Crippen LogP contribution is -2.38. The summed E-state index contributed by atoms with van der Waals surface area (Å²) in [5.74, 6) is 0.836. The monoisotopic (exact) mass is 484 g/mol. The van der Waals surface area contributed by atoms with E-state index in [1.807, 2.05) is 4.90 Å². The first kappa shape index (κ1) is 23.8. The molecule has 1 fully saturated rings. The van der Waals surface area contributed by atoms with E-state index in [0.29, 0.717) is 36.3 Å². The second kappa shape index (κ2) is 10.3. The number of aliphatic imine (C=N–C) groups is 1. The number of nitrogens with one attached hydrogen (secondary N) is 1. The Balaban J connectivity index is 1.50. The molecule has 3 heterocycles. The van der Waals surface area contributed by atoms with Crippen LogP contribution in [0.5, 0.6) is 11.6 Å². The summed E-state index contributed by atoms with van der Waals surface area (Å²) >= 11 is 4.05. The van der Waals surface area contributed by atoms with Crippen LogP contribution in [0.1, 0.15) is 42.6 Å². The highest BCUT2D eigenvalue weighted by molar-refractivity contribution is 7.83. The molecule has 0 aliphatic carbocycles. The number of carbonyl (C=O) groups is 1. The number of hydrogen-bond donors (Lipinski definition) is 4. The minimum atomic E-state index is -1.15. The number of ether oxygens (including phenoxy) is 1. The summed E-state index contributed by atoms with van der Waals surface area (Å²) < 4.78 is 5.82. The van der Waals surface area contributed by atoms with Crippen LogP contribution in [0.15, 0.2) is 41.0 Å². The van der Waals surface area contributed by atoms with Crippen LogP contribution in [-0.4, -0.2) is 46.2 Å². The van der Waals surface area contributed by atoms with Gasteiger partial charge in [-0.05, 0) is 54.0 Å². The fraction of sp³-hybridized carbons (Fsp3) is 0.391. The fourth-order valence-corrected chi connectivity index (χ4v) is 4.04. The van der Waals surface area contributed by atoms with Crippen molar-refractivity contribution in [1.29, 1.82) is 0 Å². The van der Waals surface area contributed by atoms with Crippen molar-refractivity contribution in [1.82, 2.24) is 15.4 Å². The molecule has 2 aromatic rings. The van der Waals surface area contributed by atoms with E-state index in [4.69, 9.17) is 15.3 Å². The molecular weight excluding hydrogens is 456 g/mol. The number of carboxylic acid groups (broad SMARTS) is 1. The van der Waals surface area contributed by atoms with E-state index in [0.717, 1.165) is 24.3 Å². The van der Waals surface area contributed by atoms with E-state index in [-0.39, 0.29) is 23.5 Å². The molecule has 34 heavy (non-hydrogen) atoms. The Bertz CT molecular complexity index is 1100. The average Bonchev–Trinajstić information content (AvgIpc) is 3.35. The molecule has 11 heteroatoms. The van der Waals surface area contributed by atoms with E-state index in [1.165, 1.54) is 11.7 Å². The predicted molar refractivity (Wildman–Crippen MR) is 132 cm³/mol. The van der Waals surface area contributed by atoms with Crippen LogP contribution < -0.4 is 20.9 Å². The Morgan fingerprint density at radius 3 is 2.59 bits per heavy atom. The lowest BCUT2D eigenvalue weighted by atomic mass is 9.96. The Hall–Kier alpha value is -3.31. The van der Waals surface area contributed by atoms with Gasteiger partial charge in [0.05, 0.1) is 0 Å². The zero-order valence-electron chi connectivity index (χ0n) is 19.0. The largest absolute Gasteiger partial charge is 0.477 e. The summed E-state index contributed by atoms with van der Waals surface area (Å²) in [6.07, 6.45) is 2.83. The van der Waals surface area contributed by atoms with Crippen LogP contribution in [0.4, 0.5) is 5.82 Å². The van der Waals surface area contributed by atoms with E-state index < -0.39 is 5.97 Å². The van der Waals surface area contributed by atoms with Crippen molar-refractivity contribution in [2.75, 3.05) is 18.0 Å². The van der Waals surface area contributed by atoms with Gasteiger partial charge < -0.3 is 25.3 Å². The molecule has 0 amide bonds. The first-order valence-corrected chi connectivity index (χ1v) is 11.6. The summed E-state index contributed by atoms with van der Waals surface area (Å²) in [7, 11) is 0. The molecule has 1 unspecified atom stereocenters. The molecule has 4 N–H and O–H groups in total. The van der Waals surface area contributed by atoms with Gasteiger partial charge in [-0.3, -0.25) is 0 Å². The van der Waals surface area contributed by atoms with Crippen LogP contribution in [0.2, 0.25) is 0 Å². The summed E-state index contributed by atoms with van der Waals surface area (Å²) in [5.41, 5.74) is 10.0. The van der Waals surface area contributed by atoms with Gasteiger partial charge in [-0.15, -0.1) is 18.1 Å². The molecule has 2 aliphatic rings. The van der Waals surface area contributed by atoms with Crippen molar-refractivity contribution in [3.8, 4) is 11.6 Å². The lowest BCUT2D eigenvalue weighted by Gasteiger charge is -2.32. The van der Waals surface area contributed by atoms with Crippen molar-refractivity contribution >= 4 is 36.0 Å². The van der Waals surface area contributed by atoms with Crippen LogP contribution in [0, 0.1) is 11.8 Å². The quantitative estimate of drug-likeness (QED) is 0.437. The van der Waals surface area contributed by atoms with Crippen molar-refractivity contribution in [3.63, 3.8) is 0 Å². The number of nitrogens with zero attached hydrogens (tertiary/aromatic N) is 4. The number of carboxylic acids is 1. The maximum Gasteiger partial charge on any atom is 0.345 e. The minimum Gasteiger partial charge on any atom is -0.477 e. The number of hydroxylamine groups is 1. The molecule has 1 aromatic heterocycles. The van der Waals surface area contributed by atoms with Gasteiger partial charge in [0.25, 0.3) is 0 Å². The van der Waals surface area contributed by atoms with Gasteiger partial charge in [0.2, 0.25) is 11.8 Å². The number of benzene rings is 1. The average molecular weight is 485 g/mol. The van der Waals surface area contributed by atoms with Gasteiger partial charge in [-0.2, -0.15) is 0 Å². The Kier molecular flexibility index (Phi) is 7.23. The second-order valence-electron chi connectivity index (χ2n) is 8.53. The molecule has 1 atom stereocenters. The number of piperidine rings is 1. The van der Waals surface area contributed by atoms with Gasteiger partial charge in [-0.1, -0.05) is 13.8 Å². The first-order chi connectivity index (χ1) is 16.4. The number of anilines is 1. The topological polar surface area (TPSA) is 135 Å². The van der Waals surface area contributed by atoms with Crippen molar-refractivity contribution in [2.45, 2.75) is 32.9 Å². The van der Waals surface area contributed by atoms with E-state index >= 15 is 0 Å². The molecule has 0 spiro atoms. The fourth-order valence-electron chi connectivity index (χ4n) is 3.89. The highest BCUT2D eigenvalue weighted by Crippen LogP contribution is 2.32. The molecule has 1 saturated heterocycles.